The largest absolute Gasteiger partial charge is 0.435 e. The molecule has 0 saturated heterocycles. The van der Waals surface area contributed by atoms with E-state index in [2.05, 4.69) is 11.7 Å². The highest BCUT2D eigenvalue weighted by molar-refractivity contribution is 5.33. The minimum absolute atomic E-state index is 0.112. The topological polar surface area (TPSA) is 18.5 Å². The molecule has 2 aliphatic rings. The van der Waals surface area contributed by atoms with Gasteiger partial charge in [-0.05, 0) is 104 Å². The lowest BCUT2D eigenvalue weighted by atomic mass is 9.68. The maximum absolute atomic E-state index is 14.7. The molecule has 0 aliphatic heterocycles. The normalized spacial score (nSPS) is 25.1. The molecule has 0 N–H and O–H groups in total. The smallest absolute Gasteiger partial charge is 0.426 e. The Bertz CT molecular complexity index is 913. The number of hydrogen-bond donors (Lipinski definition) is 0. The third-order valence-electron chi connectivity index (χ3n) is 8.31. The van der Waals surface area contributed by atoms with Gasteiger partial charge < -0.3 is 9.47 Å². The van der Waals surface area contributed by atoms with Crippen LogP contribution in [0.2, 0.25) is 0 Å². The van der Waals surface area contributed by atoms with E-state index in [4.69, 9.17) is 4.74 Å². The van der Waals surface area contributed by atoms with Crippen LogP contribution in [0.15, 0.2) is 48.5 Å². The van der Waals surface area contributed by atoms with Crippen LogP contribution in [0.1, 0.15) is 94.6 Å². The van der Waals surface area contributed by atoms with Gasteiger partial charge in [-0.1, -0.05) is 51.2 Å². The summed E-state index contributed by atoms with van der Waals surface area (Å²) in [6.45, 7) is -0.697. The first-order valence-electron chi connectivity index (χ1n) is 13.6. The molecule has 36 heavy (non-hydrogen) atoms. The Kier molecular flexibility index (Phi) is 9.19. The van der Waals surface area contributed by atoms with Crippen molar-refractivity contribution in [2.75, 3.05) is 0 Å². The minimum atomic E-state index is -3.53. The van der Waals surface area contributed by atoms with Gasteiger partial charge in [0, 0.05) is 0 Å². The van der Waals surface area contributed by atoms with Crippen molar-refractivity contribution in [3.63, 3.8) is 0 Å². The molecule has 2 fully saturated rings. The Morgan fingerprint density at radius 2 is 1.33 bits per heavy atom. The number of ether oxygens (including phenoxy) is 2. The van der Waals surface area contributed by atoms with Crippen molar-refractivity contribution in [2.24, 2.45) is 17.8 Å². The van der Waals surface area contributed by atoms with Crippen LogP contribution in [-0.2, 0) is 6.11 Å². The van der Waals surface area contributed by atoms with Gasteiger partial charge in [-0.15, -0.1) is 0 Å². The Morgan fingerprint density at radius 1 is 0.778 bits per heavy atom. The lowest BCUT2D eigenvalue weighted by Gasteiger charge is -2.38. The molecular formula is C30H38F4O2. The maximum atomic E-state index is 14.7. The molecule has 2 saturated carbocycles. The number of hydrogen-bond acceptors (Lipinski definition) is 2. The highest BCUT2D eigenvalue weighted by Crippen LogP contribution is 2.45. The van der Waals surface area contributed by atoms with Crippen LogP contribution in [0.25, 0.3) is 0 Å². The van der Waals surface area contributed by atoms with E-state index in [1.165, 1.54) is 94.2 Å². The Balaban J connectivity index is 1.26. The summed E-state index contributed by atoms with van der Waals surface area (Å²) in [4.78, 5) is 0. The first-order valence-corrected chi connectivity index (χ1v) is 13.6. The predicted molar refractivity (Wildman–Crippen MR) is 134 cm³/mol. The average molecular weight is 507 g/mol. The maximum Gasteiger partial charge on any atom is 0.426 e. The molecule has 6 heteroatoms. The Morgan fingerprint density at radius 3 is 1.89 bits per heavy atom. The summed E-state index contributed by atoms with van der Waals surface area (Å²) in [5, 5.41) is 0. The van der Waals surface area contributed by atoms with E-state index in [-0.39, 0.29) is 17.1 Å². The second-order valence-corrected chi connectivity index (χ2v) is 10.6. The fraction of sp³-hybridized carbons (Fsp3) is 0.600. The highest BCUT2D eigenvalue weighted by Gasteiger charge is 2.35. The van der Waals surface area contributed by atoms with Crippen molar-refractivity contribution >= 4 is 0 Å². The van der Waals surface area contributed by atoms with Crippen LogP contribution in [-0.4, -0.2) is 6.61 Å². The van der Waals surface area contributed by atoms with Gasteiger partial charge in [-0.25, -0.2) is 0 Å². The molecule has 2 aromatic rings. The van der Waals surface area contributed by atoms with Crippen LogP contribution < -0.4 is 9.47 Å². The summed E-state index contributed by atoms with van der Waals surface area (Å²) in [7, 11) is 0. The van der Waals surface area contributed by atoms with Crippen LogP contribution in [0, 0.1) is 17.8 Å². The molecular weight excluding hydrogens is 468 g/mol. The van der Waals surface area contributed by atoms with Gasteiger partial charge in [0.25, 0.3) is 0 Å². The van der Waals surface area contributed by atoms with Crippen LogP contribution in [0.4, 0.5) is 17.6 Å². The summed E-state index contributed by atoms with van der Waals surface area (Å²) in [6.07, 6.45) is 10.8. The van der Waals surface area contributed by atoms with Gasteiger partial charge in [0.2, 0.25) is 0 Å². The van der Waals surface area contributed by atoms with Gasteiger partial charge in [0.15, 0.2) is 0 Å². The first-order chi connectivity index (χ1) is 17.3. The zero-order valence-electron chi connectivity index (χ0n) is 21.1. The van der Waals surface area contributed by atoms with E-state index < -0.39 is 12.7 Å². The van der Waals surface area contributed by atoms with Crippen molar-refractivity contribution in [3.05, 3.63) is 59.7 Å². The number of benzene rings is 2. The van der Waals surface area contributed by atoms with Gasteiger partial charge >= 0.3 is 12.7 Å². The molecule has 0 aromatic heterocycles. The zero-order valence-corrected chi connectivity index (χ0v) is 21.1. The number of unbranched alkanes of at least 4 members (excludes halogenated alkanes) is 1. The molecule has 0 unspecified atom stereocenters. The fourth-order valence-corrected chi connectivity index (χ4v) is 6.21. The molecule has 0 heterocycles. The van der Waals surface area contributed by atoms with Crippen LogP contribution >= 0.6 is 0 Å². The first kappa shape index (κ1) is 26.8. The lowest BCUT2D eigenvalue weighted by Crippen LogP contribution is -2.25. The summed E-state index contributed by atoms with van der Waals surface area (Å²) >= 11 is 0. The molecule has 0 atom stereocenters. The Labute approximate surface area is 212 Å². The zero-order chi connectivity index (χ0) is 25.5. The third kappa shape index (κ3) is 7.17. The van der Waals surface area contributed by atoms with Gasteiger partial charge in [0.05, 0.1) is 5.56 Å². The molecule has 0 radical (unpaired) electrons. The summed E-state index contributed by atoms with van der Waals surface area (Å²) in [5.74, 6) is 2.83. The minimum Gasteiger partial charge on any atom is -0.435 e. The molecule has 2 nitrogen and oxygen atoms in total. The van der Waals surface area contributed by atoms with Crippen LogP contribution in [0.5, 0.6) is 11.5 Å². The van der Waals surface area contributed by atoms with Crippen LogP contribution in [0.3, 0.4) is 0 Å². The van der Waals surface area contributed by atoms with Crippen molar-refractivity contribution in [2.45, 2.75) is 96.2 Å². The van der Waals surface area contributed by atoms with E-state index in [1.54, 1.807) is 12.1 Å². The van der Waals surface area contributed by atoms with E-state index in [0.29, 0.717) is 5.92 Å². The van der Waals surface area contributed by atoms with E-state index in [9.17, 15) is 17.6 Å². The van der Waals surface area contributed by atoms with E-state index >= 15 is 0 Å². The molecule has 0 amide bonds. The van der Waals surface area contributed by atoms with Gasteiger partial charge in [-0.3, -0.25) is 0 Å². The average Bonchev–Trinajstić information content (AvgIpc) is 2.89. The summed E-state index contributed by atoms with van der Waals surface area (Å²) in [6, 6.07) is 11.2. The lowest BCUT2D eigenvalue weighted by molar-refractivity contribution is -0.185. The number of halogens is 4. The van der Waals surface area contributed by atoms with Crippen molar-refractivity contribution in [1.29, 1.82) is 0 Å². The van der Waals surface area contributed by atoms with Gasteiger partial charge in [0.1, 0.15) is 11.5 Å². The third-order valence-corrected chi connectivity index (χ3v) is 8.31. The quantitative estimate of drug-likeness (QED) is 0.299. The highest BCUT2D eigenvalue weighted by atomic mass is 19.3. The summed E-state index contributed by atoms with van der Waals surface area (Å²) < 4.78 is 63.0. The van der Waals surface area contributed by atoms with Gasteiger partial charge in [-0.2, -0.15) is 17.6 Å². The van der Waals surface area contributed by atoms with E-state index in [0.717, 1.165) is 36.2 Å². The Hall–Kier alpha value is -2.24. The second kappa shape index (κ2) is 12.3. The number of alkyl halides is 4. The molecule has 2 aliphatic carbocycles. The van der Waals surface area contributed by atoms with Crippen molar-refractivity contribution in [3.8, 4) is 11.5 Å². The SMILES string of the molecule is CCCC[C@H]1CC[C@H](C2CCC(c3ccc(C(F)(F)Oc4ccc(OC(F)F)cc4)cc3)CC2)CC1. The molecule has 4 rings (SSSR count). The summed E-state index contributed by atoms with van der Waals surface area (Å²) in [5.41, 5.74) is 0.887. The molecule has 0 bridgehead atoms. The molecule has 0 spiro atoms. The monoisotopic (exact) mass is 506 g/mol. The molecule has 2 aromatic carbocycles. The second-order valence-electron chi connectivity index (χ2n) is 10.6. The van der Waals surface area contributed by atoms with E-state index in [1.807, 2.05) is 0 Å². The fourth-order valence-electron chi connectivity index (χ4n) is 6.21. The number of rotatable bonds is 10. The van der Waals surface area contributed by atoms with Crippen molar-refractivity contribution < 1.29 is 27.0 Å². The predicted octanol–water partition coefficient (Wildman–Crippen LogP) is 9.69. The van der Waals surface area contributed by atoms with Crippen molar-refractivity contribution in [1.82, 2.24) is 0 Å². The standard InChI is InChI=1S/C30H38F4O2/c1-2-3-4-21-5-7-22(8-6-21)23-9-11-24(12-10-23)25-13-15-26(16-14-25)30(33,34)36-28-19-17-27(18-20-28)35-29(31)32/h13-24,29H,2-12H2,1H3/t21-,22-,23?,24?. The molecule has 198 valence electrons.